The minimum Gasteiger partial charge on any atom is -0.467 e. The van der Waals surface area contributed by atoms with Gasteiger partial charge in [-0.3, -0.25) is 4.90 Å². The van der Waals surface area contributed by atoms with Crippen molar-refractivity contribution in [2.75, 3.05) is 33.5 Å². The van der Waals surface area contributed by atoms with E-state index in [-0.39, 0.29) is 50.9 Å². The molecule has 4 aliphatic heterocycles. The fourth-order valence-electron chi connectivity index (χ4n) is 5.92. The molecular formula is C34H54N2O11Si. The summed E-state index contributed by atoms with van der Waals surface area (Å²) in [5.41, 5.74) is -2.73. The van der Waals surface area contributed by atoms with E-state index in [0.717, 1.165) is 5.56 Å². The van der Waals surface area contributed by atoms with Crippen LogP contribution >= 0.6 is 0 Å². The Bertz CT molecular complexity index is 1290. The van der Waals surface area contributed by atoms with Gasteiger partial charge in [-0.2, -0.15) is 0 Å². The van der Waals surface area contributed by atoms with Crippen molar-refractivity contribution in [2.45, 2.75) is 121 Å². The number of ether oxygens (including phenoxy) is 6. The molecule has 4 atom stereocenters. The normalized spacial score (nSPS) is 28.8. The Morgan fingerprint density at radius 1 is 1.04 bits per heavy atom. The number of hydrogen-bond donors (Lipinski definition) is 2. The summed E-state index contributed by atoms with van der Waals surface area (Å²) in [5.74, 6) is -2.91. The predicted octanol–water partition coefficient (Wildman–Crippen LogP) is 4.71. The van der Waals surface area contributed by atoms with Crippen LogP contribution in [0.4, 0.5) is 9.59 Å². The zero-order chi connectivity index (χ0) is 35.8. The second kappa shape index (κ2) is 13.9. The Kier molecular flexibility index (Phi) is 11.0. The van der Waals surface area contributed by atoms with Gasteiger partial charge in [0.1, 0.15) is 24.4 Å². The van der Waals surface area contributed by atoms with Crippen molar-refractivity contribution in [2.24, 2.45) is 5.41 Å². The second-order valence-corrected chi connectivity index (χ2v) is 20.7. The number of carbonyl (C=O) groups excluding carboxylic acids is 3. The quantitative estimate of drug-likeness (QED) is 0.199. The lowest BCUT2D eigenvalue weighted by molar-refractivity contribution is -0.479. The zero-order valence-corrected chi connectivity index (χ0v) is 31.0. The third-order valence-electron chi connectivity index (χ3n) is 9.76. The Hall–Kier alpha value is -2.75. The Morgan fingerprint density at radius 2 is 1.62 bits per heavy atom. The first kappa shape index (κ1) is 38.1. The molecule has 2 bridgehead atoms. The summed E-state index contributed by atoms with van der Waals surface area (Å²) in [6.45, 7) is 18.2. The van der Waals surface area contributed by atoms with Crippen LogP contribution in [-0.2, 0) is 44.2 Å². The number of benzene rings is 1. The fourth-order valence-corrected chi connectivity index (χ4v) is 6.97. The molecule has 4 aliphatic rings. The Balaban J connectivity index is 1.75. The number of nitrogens with zero attached hydrogens (tertiary/aromatic N) is 1. The van der Waals surface area contributed by atoms with E-state index in [9.17, 15) is 19.5 Å². The molecule has 4 saturated heterocycles. The van der Waals surface area contributed by atoms with Crippen molar-refractivity contribution in [1.82, 2.24) is 10.2 Å². The predicted molar refractivity (Wildman–Crippen MR) is 177 cm³/mol. The van der Waals surface area contributed by atoms with Crippen molar-refractivity contribution in [3.63, 3.8) is 0 Å². The molecular weight excluding hydrogens is 640 g/mol. The van der Waals surface area contributed by atoms with Gasteiger partial charge in [-0.1, -0.05) is 58.0 Å². The molecule has 0 saturated carbocycles. The lowest BCUT2D eigenvalue weighted by Crippen LogP contribution is -2.76. The number of methoxy groups -OCH3 is 1. The van der Waals surface area contributed by atoms with Crippen molar-refractivity contribution in [3.05, 3.63) is 35.9 Å². The van der Waals surface area contributed by atoms with Gasteiger partial charge in [0, 0.05) is 5.41 Å². The van der Waals surface area contributed by atoms with Gasteiger partial charge >= 0.3 is 24.1 Å². The molecule has 5 rings (SSSR count). The molecule has 4 heterocycles. The number of alkyl carbamates (subject to hydrolysis) is 1. The molecule has 0 aromatic heterocycles. The molecule has 1 aromatic rings. The number of amides is 2. The number of aliphatic hydroxyl groups is 1. The van der Waals surface area contributed by atoms with E-state index in [4.69, 9.17) is 32.8 Å². The highest BCUT2D eigenvalue weighted by Gasteiger charge is 2.68. The Morgan fingerprint density at radius 3 is 2.15 bits per heavy atom. The lowest BCUT2D eigenvalue weighted by Gasteiger charge is -2.55. The molecule has 270 valence electrons. The van der Waals surface area contributed by atoms with E-state index < -0.39 is 67.2 Å². The van der Waals surface area contributed by atoms with Crippen LogP contribution in [0.2, 0.25) is 18.1 Å². The summed E-state index contributed by atoms with van der Waals surface area (Å²) < 4.78 is 41.4. The number of nitrogens with one attached hydrogen (secondary N) is 1. The van der Waals surface area contributed by atoms with Crippen molar-refractivity contribution in [1.29, 1.82) is 0 Å². The molecule has 0 spiro atoms. The maximum atomic E-state index is 14.1. The van der Waals surface area contributed by atoms with Crippen LogP contribution in [0.25, 0.3) is 0 Å². The van der Waals surface area contributed by atoms with Crippen LogP contribution in [0.5, 0.6) is 0 Å². The van der Waals surface area contributed by atoms with Crippen molar-refractivity contribution >= 4 is 26.5 Å². The SMILES string of the molecule is COC(=O)[C@]1([C@H](O)[C@@H](NC(=O)OCc2ccccc2)C23OCC(C)(CO2)CO3)CC[C@H](CO[Si](C)(C)C(C)(C)C)N1C(=O)OC(C)(C)C. The van der Waals surface area contributed by atoms with Crippen LogP contribution in [0.3, 0.4) is 0 Å². The largest absolute Gasteiger partial charge is 0.467 e. The van der Waals surface area contributed by atoms with Gasteiger partial charge in [0.05, 0.1) is 39.6 Å². The third-order valence-corrected chi connectivity index (χ3v) is 14.3. The van der Waals surface area contributed by atoms with Gasteiger partial charge in [-0.05, 0) is 57.3 Å². The molecule has 14 heteroatoms. The molecule has 0 radical (unpaired) electrons. The zero-order valence-electron chi connectivity index (χ0n) is 30.0. The van der Waals surface area contributed by atoms with E-state index in [0.29, 0.717) is 0 Å². The van der Waals surface area contributed by atoms with E-state index in [2.05, 4.69) is 39.2 Å². The maximum Gasteiger partial charge on any atom is 0.411 e. The third kappa shape index (κ3) is 7.84. The first-order valence-corrected chi connectivity index (χ1v) is 19.4. The second-order valence-electron chi connectivity index (χ2n) is 15.9. The molecule has 0 aliphatic carbocycles. The average molecular weight is 695 g/mol. The molecule has 4 fully saturated rings. The number of carbonyl (C=O) groups is 3. The van der Waals surface area contributed by atoms with E-state index in [1.54, 1.807) is 32.9 Å². The minimum atomic E-state index is -2.31. The standard InChI is InChI=1S/C34H54N2O11Si/c1-30(2,3)47-29(40)36-24(19-46-48(9,10)31(4,5)6)16-17-33(36,27(38)41-8)26(37)25(34-43-20-32(7,21-44-34)22-45-34)35-28(39)42-18-23-14-12-11-13-15-23/h11-15,24-26,37H,16-22H2,1-10H3,(H,35,39)/t24-,25-,26-,32?,33-,34?/m1/s1. The number of hydrogen-bond acceptors (Lipinski definition) is 11. The average Bonchev–Trinajstić information content (AvgIpc) is 3.41. The van der Waals surface area contributed by atoms with Crippen LogP contribution in [-0.4, -0.2) is 105 Å². The maximum absolute atomic E-state index is 14.1. The number of rotatable bonds is 10. The molecule has 2 N–H and O–H groups in total. The van der Waals surface area contributed by atoms with Gasteiger partial charge in [0.25, 0.3) is 0 Å². The van der Waals surface area contributed by atoms with Crippen molar-refractivity contribution < 1.29 is 52.3 Å². The molecule has 0 unspecified atom stereocenters. The van der Waals surface area contributed by atoms with Crippen LogP contribution in [0, 0.1) is 5.41 Å². The summed E-state index contributed by atoms with van der Waals surface area (Å²) in [4.78, 5) is 42.8. The Labute approximate surface area is 285 Å². The van der Waals surface area contributed by atoms with Gasteiger partial charge < -0.3 is 43.3 Å². The number of likely N-dealkylation sites (tertiary alicyclic amines) is 1. The van der Waals surface area contributed by atoms with Crippen LogP contribution in [0.1, 0.15) is 66.9 Å². The number of aliphatic hydroxyl groups excluding tert-OH is 1. The highest BCUT2D eigenvalue weighted by Crippen LogP contribution is 2.47. The highest BCUT2D eigenvalue weighted by molar-refractivity contribution is 6.74. The topological polar surface area (TPSA) is 151 Å². The minimum absolute atomic E-state index is 0.0450. The van der Waals surface area contributed by atoms with E-state index in [1.807, 2.05) is 25.1 Å². The first-order valence-electron chi connectivity index (χ1n) is 16.5. The fraction of sp³-hybridized carbons (Fsp3) is 0.735. The number of fused-ring (bicyclic) bond motifs is 3. The molecule has 48 heavy (non-hydrogen) atoms. The molecule has 13 nitrogen and oxygen atoms in total. The van der Waals surface area contributed by atoms with Crippen molar-refractivity contribution in [3.8, 4) is 0 Å². The van der Waals surface area contributed by atoms with Gasteiger partial charge in [0.2, 0.25) is 0 Å². The van der Waals surface area contributed by atoms with Crippen LogP contribution < -0.4 is 5.32 Å². The van der Waals surface area contributed by atoms with E-state index in [1.165, 1.54) is 12.0 Å². The first-order chi connectivity index (χ1) is 22.2. The van der Waals surface area contributed by atoms with Crippen LogP contribution in [0.15, 0.2) is 30.3 Å². The van der Waals surface area contributed by atoms with Gasteiger partial charge in [0.15, 0.2) is 13.9 Å². The van der Waals surface area contributed by atoms with Gasteiger partial charge in [-0.15, -0.1) is 0 Å². The van der Waals surface area contributed by atoms with Gasteiger partial charge in [-0.25, -0.2) is 14.4 Å². The molecule has 2 amide bonds. The summed E-state index contributed by atoms with van der Waals surface area (Å²) in [6.07, 6.45) is -3.44. The lowest BCUT2D eigenvalue weighted by atomic mass is 9.82. The summed E-state index contributed by atoms with van der Waals surface area (Å²) in [7, 11) is -1.14. The summed E-state index contributed by atoms with van der Waals surface area (Å²) in [5, 5.41) is 15.1. The highest BCUT2D eigenvalue weighted by atomic mass is 28.4. The monoisotopic (exact) mass is 694 g/mol. The smallest absolute Gasteiger partial charge is 0.411 e. The van der Waals surface area contributed by atoms with E-state index >= 15 is 0 Å². The number of esters is 1. The summed E-state index contributed by atoms with van der Waals surface area (Å²) >= 11 is 0. The summed E-state index contributed by atoms with van der Waals surface area (Å²) in [6, 6.07) is 6.82. The molecule has 1 aromatic carbocycles.